The number of H-pyrrole nitrogens is 1. The van der Waals surface area contributed by atoms with E-state index in [-0.39, 0.29) is 5.91 Å². The number of benzene rings is 2. The number of nitrogens with zero attached hydrogens (tertiary/aromatic N) is 4. The highest BCUT2D eigenvalue weighted by Gasteiger charge is 2.17. The molecule has 1 aliphatic rings. The maximum absolute atomic E-state index is 12.7. The molecule has 1 saturated heterocycles. The van der Waals surface area contributed by atoms with Gasteiger partial charge in [0.15, 0.2) is 10.6 Å². The molecular weight excluding hydrogens is 432 g/mol. The monoisotopic (exact) mass is 464 g/mol. The van der Waals surface area contributed by atoms with E-state index < -0.39 is 0 Å². The Kier molecular flexibility index (Phi) is 7.25. The van der Waals surface area contributed by atoms with E-state index in [1.165, 1.54) is 5.69 Å². The van der Waals surface area contributed by atoms with Crippen molar-refractivity contribution in [2.45, 2.75) is 33.7 Å². The Hall–Kier alpha value is -2.97. The zero-order chi connectivity index (χ0) is 23.4. The van der Waals surface area contributed by atoms with E-state index in [0.717, 1.165) is 60.9 Å². The molecule has 8 heteroatoms. The van der Waals surface area contributed by atoms with Crippen LogP contribution in [0.5, 0.6) is 0 Å². The van der Waals surface area contributed by atoms with Crippen molar-refractivity contribution in [3.8, 4) is 11.4 Å². The highest BCUT2D eigenvalue weighted by molar-refractivity contribution is 7.71. The van der Waals surface area contributed by atoms with Gasteiger partial charge < -0.3 is 15.1 Å². The van der Waals surface area contributed by atoms with Crippen LogP contribution in [-0.2, 0) is 11.3 Å². The number of piperazine rings is 1. The van der Waals surface area contributed by atoms with Crippen LogP contribution in [0.1, 0.15) is 24.5 Å². The summed E-state index contributed by atoms with van der Waals surface area (Å²) >= 11 is 5.41. The van der Waals surface area contributed by atoms with E-state index >= 15 is 0 Å². The largest absolute Gasteiger partial charge is 0.369 e. The fourth-order valence-corrected chi connectivity index (χ4v) is 4.49. The maximum atomic E-state index is 12.7. The zero-order valence-corrected chi connectivity index (χ0v) is 20.4. The van der Waals surface area contributed by atoms with Gasteiger partial charge in [0.1, 0.15) is 0 Å². The third-order valence-electron chi connectivity index (χ3n) is 6.27. The van der Waals surface area contributed by atoms with E-state index in [1.807, 2.05) is 42.7 Å². The Morgan fingerprint density at radius 3 is 2.61 bits per heavy atom. The normalized spacial score (nSPS) is 14.5. The third-order valence-corrected chi connectivity index (χ3v) is 6.58. The molecule has 0 radical (unpaired) electrons. The molecule has 1 aromatic heterocycles. The first-order valence-corrected chi connectivity index (χ1v) is 12.0. The van der Waals surface area contributed by atoms with Crippen molar-refractivity contribution in [2.24, 2.45) is 0 Å². The Balaban J connectivity index is 1.38. The molecule has 2 N–H and O–H groups in total. The van der Waals surface area contributed by atoms with Gasteiger partial charge in [0.2, 0.25) is 5.91 Å². The molecular formula is C25H32N6OS. The van der Waals surface area contributed by atoms with Crippen LogP contribution in [-0.4, -0.2) is 58.3 Å². The van der Waals surface area contributed by atoms with Gasteiger partial charge in [-0.3, -0.25) is 14.5 Å². The minimum Gasteiger partial charge on any atom is -0.369 e. The molecule has 3 aromatic rings. The second-order valence-corrected chi connectivity index (χ2v) is 8.98. The lowest BCUT2D eigenvalue weighted by Gasteiger charge is -2.35. The van der Waals surface area contributed by atoms with Gasteiger partial charge in [0, 0.05) is 56.1 Å². The van der Waals surface area contributed by atoms with Gasteiger partial charge in [-0.1, -0.05) is 30.7 Å². The van der Waals surface area contributed by atoms with Crippen molar-refractivity contribution in [2.75, 3.05) is 42.9 Å². The van der Waals surface area contributed by atoms with Gasteiger partial charge >= 0.3 is 0 Å². The summed E-state index contributed by atoms with van der Waals surface area (Å²) < 4.78 is 2.40. The molecule has 33 heavy (non-hydrogen) atoms. The predicted molar refractivity (Wildman–Crippen MR) is 136 cm³/mol. The molecule has 174 valence electrons. The summed E-state index contributed by atoms with van der Waals surface area (Å²) in [6.07, 6.45) is 0.312. The summed E-state index contributed by atoms with van der Waals surface area (Å²) in [4.78, 5) is 17.6. The number of aromatic amines is 1. The van der Waals surface area contributed by atoms with Crippen LogP contribution < -0.4 is 10.2 Å². The van der Waals surface area contributed by atoms with Crippen molar-refractivity contribution in [3.63, 3.8) is 0 Å². The molecule has 1 aliphatic heterocycles. The third kappa shape index (κ3) is 5.51. The minimum absolute atomic E-state index is 0.0410. The first-order chi connectivity index (χ1) is 15.9. The van der Waals surface area contributed by atoms with Gasteiger partial charge in [-0.15, -0.1) is 0 Å². The van der Waals surface area contributed by atoms with Crippen LogP contribution in [0.15, 0.2) is 42.5 Å². The van der Waals surface area contributed by atoms with E-state index in [0.29, 0.717) is 17.7 Å². The van der Waals surface area contributed by atoms with Gasteiger partial charge in [0.25, 0.3) is 0 Å². The smallest absolute Gasteiger partial charge is 0.226 e. The highest BCUT2D eigenvalue weighted by atomic mass is 32.1. The van der Waals surface area contributed by atoms with Crippen LogP contribution in [0.3, 0.4) is 0 Å². The van der Waals surface area contributed by atoms with Crippen LogP contribution in [0.2, 0.25) is 0 Å². The van der Waals surface area contributed by atoms with Crippen molar-refractivity contribution in [1.82, 2.24) is 19.7 Å². The summed E-state index contributed by atoms with van der Waals surface area (Å²) in [5, 5.41) is 10.3. The molecule has 2 aromatic carbocycles. The Morgan fingerprint density at radius 2 is 1.91 bits per heavy atom. The topological polar surface area (TPSA) is 69.2 Å². The van der Waals surface area contributed by atoms with E-state index in [4.69, 9.17) is 12.2 Å². The number of hydrogen-bond donors (Lipinski definition) is 2. The standard InChI is InChI=1S/C25H32N6OS/c1-4-29-12-14-30(15-13-29)21-8-9-22(19(3)17-21)26-23(32)10-11-31-24(27-28-25(31)33)20-7-5-6-18(2)16-20/h5-9,16-17H,4,10-15H2,1-3H3,(H,26,32)(H,28,33). The first kappa shape index (κ1) is 23.2. The summed E-state index contributed by atoms with van der Waals surface area (Å²) in [7, 11) is 0. The van der Waals surface area contributed by atoms with Crippen LogP contribution in [0.4, 0.5) is 11.4 Å². The van der Waals surface area contributed by atoms with Crippen LogP contribution in [0.25, 0.3) is 11.4 Å². The number of nitrogens with one attached hydrogen (secondary N) is 2. The molecule has 0 saturated carbocycles. The molecule has 1 fully saturated rings. The van der Waals surface area contributed by atoms with E-state index in [1.54, 1.807) is 0 Å². The summed E-state index contributed by atoms with van der Waals surface area (Å²) in [5.74, 6) is 0.709. The van der Waals surface area contributed by atoms with Gasteiger partial charge in [0.05, 0.1) is 0 Å². The average Bonchev–Trinajstić information content (AvgIpc) is 3.19. The van der Waals surface area contributed by atoms with Gasteiger partial charge in [-0.2, -0.15) is 5.10 Å². The van der Waals surface area contributed by atoms with E-state index in [2.05, 4.69) is 50.4 Å². The maximum Gasteiger partial charge on any atom is 0.226 e. The number of carbonyl (C=O) groups excluding carboxylic acids is 1. The van der Waals surface area contributed by atoms with Crippen molar-refractivity contribution >= 4 is 29.5 Å². The van der Waals surface area contributed by atoms with Crippen LogP contribution >= 0.6 is 12.2 Å². The summed E-state index contributed by atoms with van der Waals surface area (Å²) in [6, 6.07) is 14.4. The highest BCUT2D eigenvalue weighted by Crippen LogP contribution is 2.24. The number of carbonyl (C=O) groups is 1. The second kappa shape index (κ2) is 10.3. The molecule has 0 atom stereocenters. The van der Waals surface area contributed by atoms with Crippen LogP contribution in [0, 0.1) is 18.6 Å². The van der Waals surface area contributed by atoms with Gasteiger partial charge in [-0.05, 0) is 62.4 Å². The SMILES string of the molecule is CCN1CCN(c2ccc(NC(=O)CCn3c(-c4cccc(C)c4)n[nH]c3=S)c(C)c2)CC1. The fourth-order valence-electron chi connectivity index (χ4n) is 4.26. The summed E-state index contributed by atoms with van der Waals surface area (Å²) in [5.41, 5.74) is 5.27. The number of likely N-dealkylation sites (N-methyl/N-ethyl adjacent to an activating group) is 1. The molecule has 0 spiro atoms. The summed E-state index contributed by atoms with van der Waals surface area (Å²) in [6.45, 7) is 12.1. The molecule has 0 unspecified atom stereocenters. The fraction of sp³-hybridized carbons (Fsp3) is 0.400. The van der Waals surface area contributed by atoms with Crippen molar-refractivity contribution in [1.29, 1.82) is 0 Å². The number of aromatic nitrogens is 3. The second-order valence-electron chi connectivity index (χ2n) is 8.59. The molecule has 0 aliphatic carbocycles. The number of aryl methyl sites for hydroxylation is 2. The molecule has 0 bridgehead atoms. The lowest BCUT2D eigenvalue weighted by Crippen LogP contribution is -2.46. The Bertz CT molecular complexity index is 1180. The number of anilines is 2. The lowest BCUT2D eigenvalue weighted by atomic mass is 10.1. The zero-order valence-electron chi connectivity index (χ0n) is 19.6. The minimum atomic E-state index is -0.0410. The molecule has 4 rings (SSSR count). The lowest BCUT2D eigenvalue weighted by molar-refractivity contribution is -0.116. The number of amides is 1. The number of rotatable bonds is 7. The van der Waals surface area contributed by atoms with Gasteiger partial charge in [-0.25, -0.2) is 0 Å². The Labute approximate surface area is 200 Å². The van der Waals surface area contributed by atoms with E-state index in [9.17, 15) is 4.79 Å². The molecule has 2 heterocycles. The molecule has 1 amide bonds. The van der Waals surface area contributed by atoms with Crippen molar-refractivity contribution < 1.29 is 4.79 Å². The first-order valence-electron chi connectivity index (χ1n) is 11.5. The predicted octanol–water partition coefficient (Wildman–Crippen LogP) is 4.40. The van der Waals surface area contributed by atoms with Crippen molar-refractivity contribution in [3.05, 3.63) is 58.4 Å². The number of hydrogen-bond acceptors (Lipinski definition) is 5. The average molecular weight is 465 g/mol. The molecule has 7 nitrogen and oxygen atoms in total. The Morgan fingerprint density at radius 1 is 1.12 bits per heavy atom. The quantitative estimate of drug-likeness (QED) is 0.508.